The van der Waals surface area contributed by atoms with Crippen LogP contribution in [0, 0.1) is 6.92 Å². The van der Waals surface area contributed by atoms with Crippen LogP contribution >= 0.6 is 38.9 Å². The van der Waals surface area contributed by atoms with Gasteiger partial charge in [-0.1, -0.05) is 22.9 Å². The van der Waals surface area contributed by atoms with Gasteiger partial charge in [-0.2, -0.15) is 0 Å². The highest BCUT2D eigenvalue weighted by molar-refractivity contribution is 9.10. The second-order valence-corrected chi connectivity index (χ2v) is 8.08. The maximum absolute atomic E-state index is 14.6. The molecule has 2 atom stereocenters. The number of hydrogen-bond donors (Lipinski definition) is 3. The third kappa shape index (κ3) is 3.72. The average Bonchev–Trinajstić information content (AvgIpc) is 3.18. The molecule has 3 N–H and O–H groups in total. The van der Waals surface area contributed by atoms with Gasteiger partial charge in [0.15, 0.2) is 5.13 Å². The third-order valence-corrected chi connectivity index (χ3v) is 6.76. The van der Waals surface area contributed by atoms with Crippen molar-refractivity contribution in [1.29, 1.82) is 0 Å². The molecule has 1 fully saturated rings. The molecule has 1 amide bonds. The molecule has 11 heteroatoms. The topological polar surface area (TPSA) is 98.3 Å². The SMILES string of the molecule is Cc1[nH]c(C(=O)N[C@@H]2CCN(c3ncc(C(=O)O)s3)C[C@@H]2F)c(Cl)c1Br. The van der Waals surface area contributed by atoms with Gasteiger partial charge in [-0.3, -0.25) is 4.79 Å². The number of anilines is 1. The van der Waals surface area contributed by atoms with Crippen molar-refractivity contribution in [2.45, 2.75) is 25.6 Å². The minimum atomic E-state index is -1.32. The molecule has 0 bridgehead atoms. The number of nitrogens with zero attached hydrogens (tertiary/aromatic N) is 2. The molecule has 0 radical (unpaired) electrons. The van der Waals surface area contributed by atoms with Crippen molar-refractivity contribution in [1.82, 2.24) is 15.3 Å². The summed E-state index contributed by atoms with van der Waals surface area (Å²) in [6.07, 6.45) is 0.313. The molecule has 0 spiro atoms. The lowest BCUT2D eigenvalue weighted by molar-refractivity contribution is 0.0701. The third-order valence-electron chi connectivity index (χ3n) is 4.11. The number of rotatable bonds is 4. The maximum Gasteiger partial charge on any atom is 0.347 e. The highest BCUT2D eigenvalue weighted by Crippen LogP contribution is 2.30. The van der Waals surface area contributed by atoms with Gasteiger partial charge in [-0.15, -0.1) is 0 Å². The Bertz CT molecular complexity index is 858. The zero-order valence-electron chi connectivity index (χ0n) is 13.6. The van der Waals surface area contributed by atoms with Crippen LogP contribution in [0.4, 0.5) is 9.52 Å². The summed E-state index contributed by atoms with van der Waals surface area (Å²) in [5.74, 6) is -1.52. The Morgan fingerprint density at radius 3 is 2.85 bits per heavy atom. The monoisotopic (exact) mass is 464 g/mol. The van der Waals surface area contributed by atoms with E-state index >= 15 is 0 Å². The molecule has 140 valence electrons. The second-order valence-electron chi connectivity index (χ2n) is 5.90. The summed E-state index contributed by atoms with van der Waals surface area (Å²) in [6.45, 7) is 2.25. The molecule has 26 heavy (non-hydrogen) atoms. The standard InChI is InChI=1S/C15H15BrClFN4O3S/c1-6-10(16)11(17)12(20-6)13(23)21-8-2-3-22(5-7(8)18)15-19-4-9(26-15)14(24)25/h4,7-8,20H,2-3,5H2,1H3,(H,21,23)(H,24,25)/t7-,8+/m0/s1. The number of amides is 1. The van der Waals surface area contributed by atoms with E-state index in [4.69, 9.17) is 16.7 Å². The summed E-state index contributed by atoms with van der Waals surface area (Å²) in [5.41, 5.74) is 0.904. The predicted octanol–water partition coefficient (Wildman–Crippen LogP) is 3.24. The first kappa shape index (κ1) is 19.1. The molecule has 0 aliphatic carbocycles. The normalized spacial score (nSPS) is 20.2. The summed E-state index contributed by atoms with van der Waals surface area (Å²) in [6, 6.07) is -0.656. The van der Waals surface area contributed by atoms with E-state index < -0.39 is 24.1 Å². The van der Waals surface area contributed by atoms with Gasteiger partial charge in [0.1, 0.15) is 16.7 Å². The molecule has 2 aromatic heterocycles. The number of piperidine rings is 1. The van der Waals surface area contributed by atoms with Crippen LogP contribution in [0.3, 0.4) is 0 Å². The lowest BCUT2D eigenvalue weighted by Gasteiger charge is -2.34. The number of halogens is 3. The number of aromatic nitrogens is 2. The molecule has 1 aliphatic rings. The van der Waals surface area contributed by atoms with Crippen LogP contribution in [0.25, 0.3) is 0 Å². The first-order valence-corrected chi connectivity index (χ1v) is 9.69. The summed E-state index contributed by atoms with van der Waals surface area (Å²) < 4.78 is 15.2. The minimum absolute atomic E-state index is 0.0265. The first-order chi connectivity index (χ1) is 12.3. The van der Waals surface area contributed by atoms with E-state index in [1.165, 1.54) is 6.20 Å². The fourth-order valence-corrected chi connectivity index (χ4v) is 4.08. The van der Waals surface area contributed by atoms with E-state index in [2.05, 4.69) is 31.2 Å². The summed E-state index contributed by atoms with van der Waals surface area (Å²) in [5, 5.41) is 12.3. The number of H-pyrrole nitrogens is 1. The highest BCUT2D eigenvalue weighted by atomic mass is 79.9. The molecule has 0 unspecified atom stereocenters. The summed E-state index contributed by atoms with van der Waals surface area (Å²) in [7, 11) is 0. The average molecular weight is 466 g/mol. The van der Waals surface area contributed by atoms with Gasteiger partial charge < -0.3 is 20.3 Å². The number of aromatic amines is 1. The molecular weight excluding hydrogens is 451 g/mol. The van der Waals surface area contributed by atoms with E-state index in [0.717, 1.165) is 11.3 Å². The molecular formula is C15H15BrClFN4O3S. The van der Waals surface area contributed by atoms with Crippen LogP contribution in [0.5, 0.6) is 0 Å². The van der Waals surface area contributed by atoms with Crippen molar-refractivity contribution in [3.63, 3.8) is 0 Å². The predicted molar refractivity (Wildman–Crippen MR) is 100 cm³/mol. The Hall–Kier alpha value is -1.65. The Labute approximate surface area is 165 Å². The zero-order chi connectivity index (χ0) is 19.0. The van der Waals surface area contributed by atoms with Crippen molar-refractivity contribution >= 4 is 55.9 Å². The fraction of sp³-hybridized carbons (Fsp3) is 0.400. The first-order valence-electron chi connectivity index (χ1n) is 7.70. The van der Waals surface area contributed by atoms with E-state index in [0.29, 0.717) is 28.3 Å². The van der Waals surface area contributed by atoms with Gasteiger partial charge in [0.25, 0.3) is 5.91 Å². The molecule has 2 aromatic rings. The van der Waals surface area contributed by atoms with Gasteiger partial charge in [0.05, 0.1) is 28.3 Å². The smallest absolute Gasteiger partial charge is 0.347 e. The maximum atomic E-state index is 14.6. The van der Waals surface area contributed by atoms with Crippen LogP contribution in [-0.4, -0.2) is 52.3 Å². The number of carboxylic acids is 1. The number of aromatic carboxylic acids is 1. The molecule has 3 rings (SSSR count). The molecule has 3 heterocycles. The number of carbonyl (C=O) groups excluding carboxylic acids is 1. The molecule has 0 saturated carbocycles. The van der Waals surface area contributed by atoms with E-state index in [-0.39, 0.29) is 22.1 Å². The second kappa shape index (κ2) is 7.53. The molecule has 1 saturated heterocycles. The van der Waals surface area contributed by atoms with Crippen molar-refractivity contribution in [3.05, 3.63) is 32.0 Å². The van der Waals surface area contributed by atoms with E-state index in [1.54, 1.807) is 11.8 Å². The Kier molecular flexibility index (Phi) is 5.54. The lowest BCUT2D eigenvalue weighted by Crippen LogP contribution is -2.52. The number of alkyl halides is 1. The zero-order valence-corrected chi connectivity index (χ0v) is 16.7. The van der Waals surface area contributed by atoms with Crippen molar-refractivity contribution < 1.29 is 19.1 Å². The number of carboxylic acid groups (broad SMARTS) is 1. The van der Waals surface area contributed by atoms with Gasteiger partial charge in [0.2, 0.25) is 0 Å². The molecule has 1 aliphatic heterocycles. The fourth-order valence-electron chi connectivity index (χ4n) is 2.72. The largest absolute Gasteiger partial charge is 0.477 e. The molecule has 7 nitrogen and oxygen atoms in total. The number of hydrogen-bond acceptors (Lipinski definition) is 5. The Morgan fingerprint density at radius 2 is 2.31 bits per heavy atom. The van der Waals surface area contributed by atoms with Crippen molar-refractivity contribution in [3.8, 4) is 0 Å². The number of carbonyl (C=O) groups is 2. The van der Waals surface area contributed by atoms with Gasteiger partial charge in [-0.25, -0.2) is 14.2 Å². The number of nitrogens with one attached hydrogen (secondary N) is 2. The van der Waals surface area contributed by atoms with E-state index in [9.17, 15) is 14.0 Å². The van der Waals surface area contributed by atoms with Crippen molar-refractivity contribution in [2.75, 3.05) is 18.0 Å². The van der Waals surface area contributed by atoms with Crippen LogP contribution in [-0.2, 0) is 0 Å². The Balaban J connectivity index is 1.64. The van der Waals surface area contributed by atoms with Gasteiger partial charge >= 0.3 is 5.97 Å². The lowest BCUT2D eigenvalue weighted by atomic mass is 10.0. The van der Waals surface area contributed by atoms with E-state index in [1.807, 2.05) is 0 Å². The highest BCUT2D eigenvalue weighted by Gasteiger charge is 2.33. The summed E-state index contributed by atoms with van der Waals surface area (Å²) >= 11 is 10.4. The van der Waals surface area contributed by atoms with Gasteiger partial charge in [0, 0.05) is 12.2 Å². The van der Waals surface area contributed by atoms with Crippen LogP contribution < -0.4 is 10.2 Å². The van der Waals surface area contributed by atoms with Crippen LogP contribution in [0.1, 0.15) is 32.3 Å². The number of aryl methyl sites for hydroxylation is 1. The van der Waals surface area contributed by atoms with Gasteiger partial charge in [-0.05, 0) is 29.3 Å². The molecule has 0 aromatic carbocycles. The van der Waals surface area contributed by atoms with Crippen LogP contribution in [0.2, 0.25) is 5.02 Å². The summed E-state index contributed by atoms with van der Waals surface area (Å²) in [4.78, 5) is 32.0. The minimum Gasteiger partial charge on any atom is -0.477 e. The number of thiazole rings is 1. The van der Waals surface area contributed by atoms with Crippen LogP contribution in [0.15, 0.2) is 10.7 Å². The Morgan fingerprint density at radius 1 is 1.58 bits per heavy atom. The van der Waals surface area contributed by atoms with Crippen molar-refractivity contribution in [2.24, 2.45) is 0 Å². The quantitative estimate of drug-likeness (QED) is 0.644.